The Morgan fingerprint density at radius 1 is 1.00 bits per heavy atom. The van der Waals surface area contributed by atoms with Crippen molar-refractivity contribution in [3.8, 4) is 0 Å². The fraction of sp³-hybridized carbons (Fsp3) is 0.211. The number of hydrogen-bond acceptors (Lipinski definition) is 4. The Morgan fingerprint density at radius 2 is 1.88 bits per heavy atom. The van der Waals surface area contributed by atoms with Gasteiger partial charge in [0.05, 0.1) is 11.7 Å². The lowest BCUT2D eigenvalue weighted by molar-refractivity contribution is 0.859. The van der Waals surface area contributed by atoms with E-state index in [0.29, 0.717) is 21.9 Å². The molecule has 4 nitrogen and oxygen atoms in total. The van der Waals surface area contributed by atoms with Gasteiger partial charge in [-0.2, -0.15) is 0 Å². The fourth-order valence-electron chi connectivity index (χ4n) is 2.74. The fourth-order valence-corrected chi connectivity index (χ4v) is 3.13. The van der Waals surface area contributed by atoms with Gasteiger partial charge in [-0.1, -0.05) is 41.4 Å². The molecule has 0 spiro atoms. The van der Waals surface area contributed by atoms with E-state index in [-0.39, 0.29) is 6.04 Å². The maximum atomic E-state index is 6.19. The Balaban J connectivity index is 1.71. The molecule has 1 aromatic carbocycles. The molecule has 1 unspecified atom stereocenters. The lowest BCUT2D eigenvalue weighted by Crippen LogP contribution is -2.15. The van der Waals surface area contributed by atoms with E-state index in [9.17, 15) is 0 Å². The average Bonchev–Trinajstić information content (AvgIpc) is 3.45. The second-order valence-corrected chi connectivity index (χ2v) is 6.92. The third-order valence-corrected chi connectivity index (χ3v) is 4.54. The summed E-state index contributed by atoms with van der Waals surface area (Å²) in [6.45, 7) is 0. The first kappa shape index (κ1) is 16.3. The minimum absolute atomic E-state index is 0.182. The van der Waals surface area contributed by atoms with Crippen molar-refractivity contribution in [1.82, 2.24) is 15.0 Å². The number of anilines is 1. The van der Waals surface area contributed by atoms with Gasteiger partial charge in [0.1, 0.15) is 16.8 Å². The molecule has 1 aliphatic rings. The first-order chi connectivity index (χ1) is 12.2. The van der Waals surface area contributed by atoms with Crippen LogP contribution >= 0.6 is 23.2 Å². The highest BCUT2D eigenvalue weighted by Gasteiger charge is 2.27. The number of benzene rings is 1. The molecule has 0 aliphatic heterocycles. The molecule has 126 valence electrons. The quantitative estimate of drug-likeness (QED) is 0.622. The molecule has 0 amide bonds. The van der Waals surface area contributed by atoms with E-state index >= 15 is 0 Å². The van der Waals surface area contributed by atoms with E-state index in [4.69, 9.17) is 23.2 Å². The highest BCUT2D eigenvalue weighted by molar-refractivity contribution is 6.30. The molecule has 25 heavy (non-hydrogen) atoms. The van der Waals surface area contributed by atoms with E-state index in [0.717, 1.165) is 29.9 Å². The number of nitrogens with one attached hydrogen (secondary N) is 1. The molecule has 1 saturated carbocycles. The van der Waals surface area contributed by atoms with Gasteiger partial charge in [0.2, 0.25) is 0 Å². The summed E-state index contributed by atoms with van der Waals surface area (Å²) < 4.78 is 0. The summed E-state index contributed by atoms with van der Waals surface area (Å²) in [6, 6.07) is 15.1. The zero-order valence-electron chi connectivity index (χ0n) is 13.4. The van der Waals surface area contributed by atoms with Crippen molar-refractivity contribution in [2.24, 2.45) is 0 Å². The third kappa shape index (κ3) is 3.91. The molecule has 0 radical (unpaired) electrons. The van der Waals surface area contributed by atoms with E-state index in [2.05, 4.69) is 20.3 Å². The monoisotopic (exact) mass is 370 g/mol. The van der Waals surface area contributed by atoms with Crippen molar-refractivity contribution < 1.29 is 0 Å². The molecule has 1 atom stereocenters. The lowest BCUT2D eigenvalue weighted by atomic mass is 10.0. The van der Waals surface area contributed by atoms with Crippen molar-refractivity contribution in [3.05, 3.63) is 82.0 Å². The summed E-state index contributed by atoms with van der Waals surface area (Å²) in [4.78, 5) is 13.5. The number of aromatic nitrogens is 3. The Kier molecular flexibility index (Phi) is 4.55. The van der Waals surface area contributed by atoms with Gasteiger partial charge in [-0.15, -0.1) is 0 Å². The van der Waals surface area contributed by atoms with Gasteiger partial charge < -0.3 is 5.32 Å². The van der Waals surface area contributed by atoms with Crippen molar-refractivity contribution in [2.75, 3.05) is 5.32 Å². The predicted octanol–water partition coefficient (Wildman–Crippen LogP) is 5.26. The molecule has 2 aromatic heterocycles. The normalized spacial score (nSPS) is 15.0. The summed E-state index contributed by atoms with van der Waals surface area (Å²) in [7, 11) is 0. The molecule has 1 fully saturated rings. The smallest absolute Gasteiger partial charge is 0.135 e. The summed E-state index contributed by atoms with van der Waals surface area (Å²) in [5, 5.41) is 4.58. The average molecular weight is 371 g/mol. The van der Waals surface area contributed by atoms with Crippen LogP contribution in [0.25, 0.3) is 0 Å². The van der Waals surface area contributed by atoms with Gasteiger partial charge in [0, 0.05) is 23.2 Å². The zero-order valence-corrected chi connectivity index (χ0v) is 14.9. The van der Waals surface area contributed by atoms with Crippen LogP contribution in [0.15, 0.2) is 54.7 Å². The second-order valence-electron chi connectivity index (χ2n) is 6.10. The van der Waals surface area contributed by atoms with Crippen LogP contribution in [0.4, 0.5) is 5.82 Å². The molecular formula is C19H16Cl2N4. The maximum Gasteiger partial charge on any atom is 0.135 e. The Hall–Kier alpha value is -2.17. The first-order valence-electron chi connectivity index (χ1n) is 8.16. The number of rotatable bonds is 5. The molecule has 0 saturated heterocycles. The van der Waals surface area contributed by atoms with E-state index < -0.39 is 0 Å². The molecule has 1 N–H and O–H groups in total. The predicted molar refractivity (Wildman–Crippen MR) is 100 cm³/mol. The van der Waals surface area contributed by atoms with Gasteiger partial charge in [-0.25, -0.2) is 9.97 Å². The number of halogens is 2. The molecule has 1 aliphatic carbocycles. The standard InChI is InChI=1S/C19H16Cl2N4/c20-14-5-3-4-13(10-14)18(15-6-1-2-9-22-15)24-17-11-16(21)23-19(25-17)12-7-8-12/h1-6,9-12,18H,7-8H2,(H,23,24,25). The van der Waals surface area contributed by atoms with Gasteiger partial charge >= 0.3 is 0 Å². The molecule has 4 rings (SSSR count). The summed E-state index contributed by atoms with van der Waals surface area (Å²) in [6.07, 6.45) is 4.02. The van der Waals surface area contributed by atoms with Gasteiger partial charge in [-0.05, 0) is 42.7 Å². The Morgan fingerprint density at radius 3 is 2.60 bits per heavy atom. The number of hydrogen-bond donors (Lipinski definition) is 1. The molecule has 0 bridgehead atoms. The van der Waals surface area contributed by atoms with Crippen LogP contribution in [0, 0.1) is 0 Å². The number of pyridine rings is 1. The summed E-state index contributed by atoms with van der Waals surface area (Å²) in [5.41, 5.74) is 1.89. The second kappa shape index (κ2) is 6.98. The van der Waals surface area contributed by atoms with Gasteiger partial charge in [-0.3, -0.25) is 4.98 Å². The van der Waals surface area contributed by atoms with Crippen molar-refractivity contribution in [3.63, 3.8) is 0 Å². The highest BCUT2D eigenvalue weighted by Crippen LogP contribution is 2.39. The van der Waals surface area contributed by atoms with Crippen molar-refractivity contribution in [1.29, 1.82) is 0 Å². The Labute approximate surface area is 156 Å². The van der Waals surface area contributed by atoms with Crippen LogP contribution in [0.1, 0.15) is 41.9 Å². The highest BCUT2D eigenvalue weighted by atomic mass is 35.5. The zero-order chi connectivity index (χ0) is 17.2. The van der Waals surface area contributed by atoms with Crippen LogP contribution in [-0.2, 0) is 0 Å². The topological polar surface area (TPSA) is 50.7 Å². The van der Waals surface area contributed by atoms with Gasteiger partial charge in [0.15, 0.2) is 0 Å². The molecular weight excluding hydrogens is 355 g/mol. The summed E-state index contributed by atoms with van der Waals surface area (Å²) in [5.74, 6) is 1.93. The van der Waals surface area contributed by atoms with E-state index in [1.807, 2.05) is 42.5 Å². The molecule has 6 heteroatoms. The summed E-state index contributed by atoms with van der Waals surface area (Å²) >= 11 is 12.4. The van der Waals surface area contributed by atoms with Crippen LogP contribution in [0.2, 0.25) is 10.2 Å². The third-order valence-electron chi connectivity index (χ3n) is 4.11. The lowest BCUT2D eigenvalue weighted by Gasteiger charge is -2.20. The Bertz CT molecular complexity index is 882. The SMILES string of the molecule is Clc1cccc(C(Nc2cc(Cl)nc(C3CC3)n2)c2ccccn2)c1. The maximum absolute atomic E-state index is 6.19. The van der Waals surface area contributed by atoms with Crippen LogP contribution in [0.5, 0.6) is 0 Å². The number of nitrogens with zero attached hydrogens (tertiary/aromatic N) is 3. The van der Waals surface area contributed by atoms with Crippen LogP contribution in [-0.4, -0.2) is 15.0 Å². The van der Waals surface area contributed by atoms with Crippen LogP contribution in [0.3, 0.4) is 0 Å². The minimum Gasteiger partial charge on any atom is -0.357 e. The van der Waals surface area contributed by atoms with Gasteiger partial charge in [0.25, 0.3) is 0 Å². The molecule has 2 heterocycles. The van der Waals surface area contributed by atoms with Crippen LogP contribution < -0.4 is 5.32 Å². The minimum atomic E-state index is -0.182. The molecule has 3 aromatic rings. The van der Waals surface area contributed by atoms with E-state index in [1.54, 1.807) is 12.3 Å². The van der Waals surface area contributed by atoms with E-state index in [1.165, 1.54) is 0 Å². The van der Waals surface area contributed by atoms with Crippen molar-refractivity contribution in [2.45, 2.75) is 24.8 Å². The van der Waals surface area contributed by atoms with Crippen molar-refractivity contribution >= 4 is 29.0 Å². The largest absolute Gasteiger partial charge is 0.357 e. The first-order valence-corrected chi connectivity index (χ1v) is 8.92.